The summed E-state index contributed by atoms with van der Waals surface area (Å²) in [5.41, 5.74) is 0.383. The van der Waals surface area contributed by atoms with E-state index in [-0.39, 0.29) is 16.4 Å². The number of esters is 1. The Labute approximate surface area is 166 Å². The van der Waals surface area contributed by atoms with Gasteiger partial charge in [-0.3, -0.25) is 14.9 Å². The van der Waals surface area contributed by atoms with Gasteiger partial charge in [-0.05, 0) is 43.0 Å². The van der Waals surface area contributed by atoms with Gasteiger partial charge in [-0.2, -0.15) is 0 Å². The van der Waals surface area contributed by atoms with E-state index in [0.29, 0.717) is 5.56 Å². The zero-order chi connectivity index (χ0) is 21.4. The second-order valence-corrected chi connectivity index (χ2v) is 7.27. The summed E-state index contributed by atoms with van der Waals surface area (Å²) in [6, 6.07) is 7.13. The summed E-state index contributed by atoms with van der Waals surface area (Å²) in [4.78, 5) is 34.9. The highest BCUT2D eigenvalue weighted by Crippen LogP contribution is 2.25. The van der Waals surface area contributed by atoms with Crippen molar-refractivity contribution in [3.63, 3.8) is 0 Å². The SMILES string of the molecule is CNS(=O)(=O)c1cc(/C=C/C(=O)OCC(=O)NC(=O)c2ccco2)ccc1OC. The lowest BCUT2D eigenvalue weighted by Gasteiger charge is -2.09. The minimum Gasteiger partial charge on any atom is -0.495 e. The van der Waals surface area contributed by atoms with Crippen molar-refractivity contribution >= 4 is 33.9 Å². The molecule has 0 saturated heterocycles. The summed E-state index contributed by atoms with van der Waals surface area (Å²) in [5, 5.41) is 1.99. The Kier molecular flexibility index (Phi) is 7.28. The molecule has 0 spiro atoms. The third-order valence-electron chi connectivity index (χ3n) is 3.50. The number of sulfonamides is 1. The summed E-state index contributed by atoms with van der Waals surface area (Å²) < 4.78 is 40.8. The molecule has 0 unspecified atom stereocenters. The summed E-state index contributed by atoms with van der Waals surface area (Å²) in [6.07, 6.45) is 3.60. The van der Waals surface area contributed by atoms with Crippen LogP contribution in [-0.2, 0) is 24.3 Å². The molecule has 154 valence electrons. The topological polar surface area (TPSA) is 141 Å². The first-order valence-corrected chi connectivity index (χ1v) is 9.59. The summed E-state index contributed by atoms with van der Waals surface area (Å²) in [6.45, 7) is -0.683. The first-order chi connectivity index (χ1) is 13.8. The fourth-order valence-corrected chi connectivity index (χ4v) is 3.03. The molecule has 0 aliphatic carbocycles. The summed E-state index contributed by atoms with van der Waals surface area (Å²) in [5.74, 6) is -2.38. The van der Waals surface area contributed by atoms with Gasteiger partial charge in [0.2, 0.25) is 10.0 Å². The normalized spacial score (nSPS) is 11.2. The van der Waals surface area contributed by atoms with Crippen LogP contribution in [0.2, 0.25) is 0 Å². The highest BCUT2D eigenvalue weighted by Gasteiger charge is 2.18. The number of imide groups is 1. The van der Waals surface area contributed by atoms with E-state index in [2.05, 4.69) is 4.72 Å². The minimum atomic E-state index is -3.77. The van der Waals surface area contributed by atoms with Crippen LogP contribution in [-0.4, -0.2) is 47.0 Å². The van der Waals surface area contributed by atoms with Gasteiger partial charge in [0.1, 0.15) is 10.6 Å². The van der Waals surface area contributed by atoms with Gasteiger partial charge in [0, 0.05) is 6.08 Å². The maximum Gasteiger partial charge on any atom is 0.331 e. The molecule has 2 N–H and O–H groups in total. The zero-order valence-electron chi connectivity index (χ0n) is 15.5. The lowest BCUT2D eigenvalue weighted by molar-refractivity contribution is -0.143. The molecular weight excluding hydrogens is 404 g/mol. The molecule has 0 radical (unpaired) electrons. The summed E-state index contributed by atoms with van der Waals surface area (Å²) in [7, 11) is -1.18. The van der Waals surface area contributed by atoms with Crippen LogP contribution in [0.1, 0.15) is 16.1 Å². The third-order valence-corrected chi connectivity index (χ3v) is 4.94. The first kappa shape index (κ1) is 21.9. The number of amides is 2. The Bertz CT molecular complexity index is 1030. The molecule has 11 heteroatoms. The second-order valence-electron chi connectivity index (χ2n) is 5.41. The molecule has 0 atom stereocenters. The van der Waals surface area contributed by atoms with Gasteiger partial charge in [-0.1, -0.05) is 6.07 Å². The molecule has 0 bridgehead atoms. The molecule has 1 aromatic heterocycles. The Morgan fingerprint density at radius 2 is 1.97 bits per heavy atom. The average Bonchev–Trinajstić information content (AvgIpc) is 3.25. The smallest absolute Gasteiger partial charge is 0.331 e. The molecule has 2 aromatic rings. The van der Waals surface area contributed by atoms with Crippen molar-refractivity contribution in [3.05, 3.63) is 54.0 Å². The molecule has 1 heterocycles. The van der Waals surface area contributed by atoms with Gasteiger partial charge in [0.05, 0.1) is 13.4 Å². The minimum absolute atomic E-state index is 0.0589. The van der Waals surface area contributed by atoms with Gasteiger partial charge in [-0.25, -0.2) is 17.9 Å². The average molecular weight is 422 g/mol. The molecular formula is C18H18N2O8S. The lowest BCUT2D eigenvalue weighted by Crippen LogP contribution is -2.33. The molecule has 10 nitrogen and oxygen atoms in total. The maximum atomic E-state index is 12.0. The van der Waals surface area contributed by atoms with Crippen molar-refractivity contribution in [2.45, 2.75) is 4.90 Å². The number of methoxy groups -OCH3 is 1. The standard InChI is InChI=1S/C18H18N2O8S/c1-19-29(24,25)15-10-12(5-7-13(15)26-2)6-8-17(22)28-11-16(21)20-18(23)14-4-3-9-27-14/h3-10,19H,11H2,1-2H3,(H,20,21,23)/b8-6+. The summed E-state index contributed by atoms with van der Waals surface area (Å²) >= 11 is 0. The molecule has 0 aliphatic rings. The van der Waals surface area contributed by atoms with Crippen LogP contribution in [0.25, 0.3) is 6.08 Å². The van der Waals surface area contributed by atoms with Gasteiger partial charge < -0.3 is 13.9 Å². The quantitative estimate of drug-likeness (QED) is 0.468. The molecule has 2 amide bonds. The fraction of sp³-hybridized carbons (Fsp3) is 0.167. The number of ether oxygens (including phenoxy) is 2. The van der Waals surface area contributed by atoms with Crippen LogP contribution in [0.5, 0.6) is 5.75 Å². The molecule has 29 heavy (non-hydrogen) atoms. The number of carbonyl (C=O) groups is 3. The van der Waals surface area contributed by atoms with Crippen molar-refractivity contribution in [2.24, 2.45) is 0 Å². The van der Waals surface area contributed by atoms with E-state index in [4.69, 9.17) is 13.9 Å². The first-order valence-electron chi connectivity index (χ1n) is 8.11. The lowest BCUT2D eigenvalue weighted by atomic mass is 10.2. The van der Waals surface area contributed by atoms with E-state index in [1.807, 2.05) is 5.32 Å². The van der Waals surface area contributed by atoms with Crippen molar-refractivity contribution in [1.29, 1.82) is 0 Å². The monoisotopic (exact) mass is 422 g/mol. The van der Waals surface area contributed by atoms with E-state index in [9.17, 15) is 22.8 Å². The van der Waals surface area contributed by atoms with Crippen molar-refractivity contribution in [2.75, 3.05) is 20.8 Å². The van der Waals surface area contributed by atoms with Crippen LogP contribution in [0.4, 0.5) is 0 Å². The highest BCUT2D eigenvalue weighted by molar-refractivity contribution is 7.89. The van der Waals surface area contributed by atoms with E-state index in [1.54, 1.807) is 0 Å². The van der Waals surface area contributed by atoms with Crippen LogP contribution in [0.3, 0.4) is 0 Å². The number of hydrogen-bond donors (Lipinski definition) is 2. The largest absolute Gasteiger partial charge is 0.495 e. The van der Waals surface area contributed by atoms with Crippen LogP contribution >= 0.6 is 0 Å². The Balaban J connectivity index is 1.96. The van der Waals surface area contributed by atoms with E-state index >= 15 is 0 Å². The Hall–Kier alpha value is -3.44. The number of hydrogen-bond acceptors (Lipinski definition) is 8. The molecule has 0 fully saturated rings. The third kappa shape index (κ3) is 6.02. The van der Waals surface area contributed by atoms with Gasteiger partial charge in [0.15, 0.2) is 12.4 Å². The Morgan fingerprint density at radius 1 is 1.21 bits per heavy atom. The van der Waals surface area contributed by atoms with Crippen LogP contribution in [0, 0.1) is 0 Å². The van der Waals surface area contributed by atoms with Gasteiger partial charge >= 0.3 is 5.97 Å². The Morgan fingerprint density at radius 3 is 2.59 bits per heavy atom. The predicted octanol–water partition coefficient (Wildman–Crippen LogP) is 0.709. The van der Waals surface area contributed by atoms with Gasteiger partial charge in [-0.15, -0.1) is 0 Å². The maximum absolute atomic E-state index is 12.0. The van der Waals surface area contributed by atoms with Crippen LogP contribution in [0.15, 0.2) is 52.0 Å². The van der Waals surface area contributed by atoms with E-state index in [1.165, 1.54) is 56.8 Å². The number of furan rings is 1. The van der Waals surface area contributed by atoms with Gasteiger partial charge in [0.25, 0.3) is 11.8 Å². The number of nitrogens with one attached hydrogen (secondary N) is 2. The zero-order valence-corrected chi connectivity index (χ0v) is 16.3. The molecule has 1 aromatic carbocycles. The predicted molar refractivity (Wildman–Crippen MR) is 100 cm³/mol. The number of benzene rings is 1. The number of carbonyl (C=O) groups excluding carboxylic acids is 3. The second kappa shape index (κ2) is 9.66. The van der Waals surface area contributed by atoms with Crippen molar-refractivity contribution in [3.8, 4) is 5.75 Å². The van der Waals surface area contributed by atoms with E-state index in [0.717, 1.165) is 6.08 Å². The molecule has 0 aliphatic heterocycles. The number of rotatable bonds is 8. The van der Waals surface area contributed by atoms with Crippen molar-refractivity contribution < 1.29 is 36.7 Å². The fourth-order valence-electron chi connectivity index (χ4n) is 2.10. The molecule has 0 saturated carbocycles. The molecule has 2 rings (SSSR count). The highest BCUT2D eigenvalue weighted by atomic mass is 32.2. The van der Waals surface area contributed by atoms with E-state index < -0.39 is 34.4 Å². The van der Waals surface area contributed by atoms with Crippen molar-refractivity contribution in [1.82, 2.24) is 10.0 Å². The van der Waals surface area contributed by atoms with Crippen LogP contribution < -0.4 is 14.8 Å².